The first-order valence-corrected chi connectivity index (χ1v) is 4.28. The lowest BCUT2D eigenvalue weighted by Gasteiger charge is -2.01. The number of hydrogen-bond donors (Lipinski definition) is 2. The fraction of sp³-hybridized carbons (Fsp3) is 0.333. The van der Waals surface area contributed by atoms with Crippen LogP contribution in [0.1, 0.15) is 23.4 Å². The van der Waals surface area contributed by atoms with Crippen LogP contribution in [0.15, 0.2) is 17.3 Å². The summed E-state index contributed by atoms with van der Waals surface area (Å²) in [5.74, 6) is 0.0784. The highest BCUT2D eigenvalue weighted by atomic mass is 16.4. The van der Waals surface area contributed by atoms with Crippen LogP contribution in [0.3, 0.4) is 0 Å². The molecule has 68 valence electrons. The van der Waals surface area contributed by atoms with Gasteiger partial charge in [0.2, 0.25) is 0 Å². The molecular formula is C9H11N3O. The van der Waals surface area contributed by atoms with Gasteiger partial charge in [0.15, 0.2) is 5.84 Å². The van der Waals surface area contributed by atoms with Crippen molar-refractivity contribution in [2.24, 2.45) is 10.9 Å². The first-order valence-electron chi connectivity index (χ1n) is 4.28. The van der Waals surface area contributed by atoms with E-state index in [0.717, 1.165) is 25.0 Å². The van der Waals surface area contributed by atoms with Crippen molar-refractivity contribution in [3.8, 4) is 0 Å². The third-order valence-electron chi connectivity index (χ3n) is 2.30. The Labute approximate surface area is 76.1 Å². The molecule has 0 aliphatic heterocycles. The lowest BCUT2D eigenvalue weighted by Crippen LogP contribution is -2.15. The van der Waals surface area contributed by atoms with Gasteiger partial charge in [-0.25, -0.2) is 4.98 Å². The Bertz CT molecular complexity index is 360. The average molecular weight is 177 g/mol. The second-order valence-electron chi connectivity index (χ2n) is 3.14. The van der Waals surface area contributed by atoms with E-state index in [9.17, 15) is 0 Å². The molecule has 3 N–H and O–H groups in total. The van der Waals surface area contributed by atoms with Crippen molar-refractivity contribution in [2.45, 2.75) is 19.3 Å². The van der Waals surface area contributed by atoms with Gasteiger partial charge in [-0.2, -0.15) is 0 Å². The maximum Gasteiger partial charge on any atom is 0.188 e. The molecule has 1 aromatic heterocycles. The average Bonchev–Trinajstić information content (AvgIpc) is 2.63. The van der Waals surface area contributed by atoms with E-state index < -0.39 is 0 Å². The van der Waals surface area contributed by atoms with Crippen LogP contribution in [0.25, 0.3) is 0 Å². The zero-order valence-electron chi connectivity index (χ0n) is 7.20. The van der Waals surface area contributed by atoms with Crippen molar-refractivity contribution in [2.75, 3.05) is 0 Å². The van der Waals surface area contributed by atoms with Crippen LogP contribution in [0.2, 0.25) is 0 Å². The van der Waals surface area contributed by atoms with Crippen molar-refractivity contribution >= 4 is 5.84 Å². The molecule has 4 heteroatoms. The van der Waals surface area contributed by atoms with Crippen LogP contribution in [-0.2, 0) is 12.8 Å². The number of oxime groups is 1. The zero-order valence-corrected chi connectivity index (χ0v) is 7.20. The Kier molecular flexibility index (Phi) is 1.88. The van der Waals surface area contributed by atoms with Gasteiger partial charge < -0.3 is 10.9 Å². The summed E-state index contributed by atoms with van der Waals surface area (Å²) >= 11 is 0. The highest BCUT2D eigenvalue weighted by Gasteiger charge is 2.13. The molecule has 0 bridgehead atoms. The summed E-state index contributed by atoms with van der Waals surface area (Å²) in [5.41, 5.74) is 8.36. The highest BCUT2D eigenvalue weighted by Crippen LogP contribution is 2.19. The van der Waals surface area contributed by atoms with Gasteiger partial charge in [0.05, 0.1) is 0 Å². The first-order chi connectivity index (χ1) is 6.31. The summed E-state index contributed by atoms with van der Waals surface area (Å²) in [7, 11) is 0. The van der Waals surface area contributed by atoms with Gasteiger partial charge in [0.1, 0.15) is 5.69 Å². The van der Waals surface area contributed by atoms with Crippen molar-refractivity contribution in [3.05, 3.63) is 29.1 Å². The minimum Gasteiger partial charge on any atom is -0.409 e. The topological polar surface area (TPSA) is 71.5 Å². The van der Waals surface area contributed by atoms with Crippen LogP contribution < -0.4 is 5.73 Å². The van der Waals surface area contributed by atoms with Crippen LogP contribution in [0.4, 0.5) is 0 Å². The fourth-order valence-corrected chi connectivity index (χ4v) is 1.61. The van der Waals surface area contributed by atoms with Gasteiger partial charge in [0, 0.05) is 5.69 Å². The monoisotopic (exact) mass is 177 g/mol. The van der Waals surface area contributed by atoms with E-state index in [1.54, 1.807) is 6.07 Å². The Morgan fingerprint density at radius 3 is 3.08 bits per heavy atom. The summed E-state index contributed by atoms with van der Waals surface area (Å²) in [6.07, 6.45) is 3.25. The number of hydrogen-bond acceptors (Lipinski definition) is 3. The van der Waals surface area contributed by atoms with Gasteiger partial charge >= 0.3 is 0 Å². The van der Waals surface area contributed by atoms with Gasteiger partial charge in [-0.05, 0) is 30.9 Å². The molecule has 1 aliphatic rings. The number of amidine groups is 1. The summed E-state index contributed by atoms with van der Waals surface area (Å²) in [5, 5.41) is 11.4. The molecule has 0 saturated heterocycles. The quantitative estimate of drug-likeness (QED) is 0.286. The van der Waals surface area contributed by atoms with E-state index in [1.807, 2.05) is 6.07 Å². The van der Waals surface area contributed by atoms with Gasteiger partial charge in [-0.15, -0.1) is 0 Å². The summed E-state index contributed by atoms with van der Waals surface area (Å²) < 4.78 is 0. The normalized spacial score (nSPS) is 15.8. The van der Waals surface area contributed by atoms with E-state index in [4.69, 9.17) is 10.9 Å². The van der Waals surface area contributed by atoms with Gasteiger partial charge in [-0.3, -0.25) is 0 Å². The van der Waals surface area contributed by atoms with Gasteiger partial charge in [0.25, 0.3) is 0 Å². The van der Waals surface area contributed by atoms with E-state index in [2.05, 4.69) is 10.1 Å². The molecule has 0 amide bonds. The minimum absolute atomic E-state index is 0.0784. The second-order valence-corrected chi connectivity index (χ2v) is 3.14. The molecule has 0 atom stereocenters. The maximum atomic E-state index is 8.46. The maximum absolute atomic E-state index is 8.46. The Hall–Kier alpha value is -1.58. The highest BCUT2D eigenvalue weighted by molar-refractivity contribution is 5.95. The molecule has 0 fully saturated rings. The van der Waals surface area contributed by atoms with Crippen LogP contribution in [0, 0.1) is 0 Å². The first kappa shape index (κ1) is 8.04. The molecule has 0 unspecified atom stereocenters. The number of rotatable bonds is 1. The smallest absolute Gasteiger partial charge is 0.188 e. The minimum atomic E-state index is 0.0784. The molecule has 1 heterocycles. The van der Waals surface area contributed by atoms with Gasteiger partial charge in [-0.1, -0.05) is 11.2 Å². The molecule has 1 aromatic rings. The van der Waals surface area contributed by atoms with Crippen LogP contribution >= 0.6 is 0 Å². The predicted octanol–water partition coefficient (Wildman–Crippen LogP) is 0.665. The Balaban J connectivity index is 2.41. The molecule has 0 radical (unpaired) electrons. The molecular weight excluding hydrogens is 166 g/mol. The SMILES string of the molecule is N/C(=N/O)c1ccc2c(n1)CCC2. The molecule has 0 aromatic carbocycles. The van der Waals surface area contributed by atoms with Crippen molar-refractivity contribution < 1.29 is 5.21 Å². The second kappa shape index (κ2) is 3.05. The number of fused-ring (bicyclic) bond motifs is 1. The third kappa shape index (κ3) is 1.35. The number of aromatic nitrogens is 1. The molecule has 13 heavy (non-hydrogen) atoms. The predicted molar refractivity (Wildman–Crippen MR) is 48.8 cm³/mol. The molecule has 0 spiro atoms. The standard InChI is InChI=1S/C9H11N3O/c10-9(12-13)8-5-4-6-2-1-3-7(6)11-8/h4-5,13H,1-3H2,(H2,10,12). The zero-order chi connectivity index (χ0) is 9.26. The fourth-order valence-electron chi connectivity index (χ4n) is 1.61. The van der Waals surface area contributed by atoms with E-state index >= 15 is 0 Å². The number of aryl methyl sites for hydroxylation is 2. The van der Waals surface area contributed by atoms with E-state index in [0.29, 0.717) is 5.69 Å². The molecule has 2 rings (SSSR count). The summed E-state index contributed by atoms with van der Waals surface area (Å²) in [6.45, 7) is 0. The van der Waals surface area contributed by atoms with E-state index in [1.165, 1.54) is 5.56 Å². The largest absolute Gasteiger partial charge is 0.409 e. The number of nitrogens with two attached hydrogens (primary N) is 1. The Morgan fingerprint density at radius 2 is 2.31 bits per heavy atom. The lowest BCUT2D eigenvalue weighted by atomic mass is 10.2. The Morgan fingerprint density at radius 1 is 1.46 bits per heavy atom. The molecule has 1 aliphatic carbocycles. The van der Waals surface area contributed by atoms with Crippen LogP contribution in [-0.4, -0.2) is 16.0 Å². The van der Waals surface area contributed by atoms with Crippen molar-refractivity contribution in [1.29, 1.82) is 0 Å². The van der Waals surface area contributed by atoms with Crippen LogP contribution in [0.5, 0.6) is 0 Å². The lowest BCUT2D eigenvalue weighted by molar-refractivity contribution is 0.318. The molecule has 4 nitrogen and oxygen atoms in total. The number of nitrogens with zero attached hydrogens (tertiary/aromatic N) is 2. The van der Waals surface area contributed by atoms with E-state index in [-0.39, 0.29) is 5.84 Å². The summed E-state index contributed by atoms with van der Waals surface area (Å²) in [6, 6.07) is 3.79. The third-order valence-corrected chi connectivity index (χ3v) is 2.30. The summed E-state index contributed by atoms with van der Waals surface area (Å²) in [4.78, 5) is 4.31. The van der Waals surface area contributed by atoms with Crippen molar-refractivity contribution in [1.82, 2.24) is 4.98 Å². The number of pyridine rings is 1. The van der Waals surface area contributed by atoms with Crippen molar-refractivity contribution in [3.63, 3.8) is 0 Å². The molecule has 0 saturated carbocycles.